The summed E-state index contributed by atoms with van der Waals surface area (Å²) in [5, 5.41) is 0.405. The van der Waals surface area contributed by atoms with Gasteiger partial charge in [0.1, 0.15) is 0 Å². The molecule has 4 nitrogen and oxygen atoms in total. The minimum atomic E-state index is -0.355. The Morgan fingerprint density at radius 3 is 1.95 bits per heavy atom. The van der Waals surface area contributed by atoms with E-state index in [4.69, 9.17) is 21.1 Å². The fraction of sp³-hybridized carbons (Fsp3) is 0.375. The van der Waals surface area contributed by atoms with Crippen molar-refractivity contribution in [3.05, 3.63) is 45.9 Å². The molecule has 0 saturated carbocycles. The average molecular weight is 309 g/mol. The van der Waals surface area contributed by atoms with E-state index >= 15 is 0 Å². The van der Waals surface area contributed by atoms with Crippen LogP contribution in [0.15, 0.2) is 29.7 Å². The Bertz CT molecular complexity index is 604. The molecule has 0 amide bonds. The van der Waals surface area contributed by atoms with Gasteiger partial charge in [-0.05, 0) is 31.0 Å². The largest absolute Gasteiger partial charge is 0.486 e. The zero-order chi connectivity index (χ0) is 15.4. The highest BCUT2D eigenvalue weighted by molar-refractivity contribution is 6.32. The molecule has 0 spiro atoms. The number of carbonyl (C=O) groups is 2. The maximum atomic E-state index is 12.5. The van der Waals surface area contributed by atoms with Gasteiger partial charge in [0.2, 0.25) is 23.1 Å². The summed E-state index contributed by atoms with van der Waals surface area (Å²) in [6.45, 7) is 4.56. The number of Topliss-reactive ketones (excluding diaryl/α,β-unsaturated/α-hetero) is 2. The quantitative estimate of drug-likeness (QED) is 0.802. The Balaban J connectivity index is 2.47. The van der Waals surface area contributed by atoms with Crippen molar-refractivity contribution in [3.8, 4) is 0 Å². The lowest BCUT2D eigenvalue weighted by molar-refractivity contribution is 0.0752. The Morgan fingerprint density at radius 2 is 1.43 bits per heavy atom. The average Bonchev–Trinajstić information content (AvgIpc) is 2.48. The lowest BCUT2D eigenvalue weighted by Gasteiger charge is -2.21. The lowest BCUT2D eigenvalue weighted by Crippen LogP contribution is -2.25. The van der Waals surface area contributed by atoms with Crippen molar-refractivity contribution in [1.82, 2.24) is 0 Å². The van der Waals surface area contributed by atoms with E-state index in [2.05, 4.69) is 0 Å². The topological polar surface area (TPSA) is 52.6 Å². The summed E-state index contributed by atoms with van der Waals surface area (Å²) in [5.74, 6) is -0.692. The molecule has 112 valence electrons. The number of ketones is 2. The predicted molar refractivity (Wildman–Crippen MR) is 79.6 cm³/mol. The summed E-state index contributed by atoms with van der Waals surface area (Å²) >= 11 is 5.91. The molecule has 0 bridgehead atoms. The molecule has 0 aliphatic heterocycles. The molecule has 0 unspecified atom stereocenters. The molecule has 1 aliphatic rings. The highest BCUT2D eigenvalue weighted by Crippen LogP contribution is 2.29. The van der Waals surface area contributed by atoms with Gasteiger partial charge in [-0.2, -0.15) is 0 Å². The monoisotopic (exact) mass is 308 g/mol. The lowest BCUT2D eigenvalue weighted by atomic mass is 9.92. The Hall–Kier alpha value is -1.81. The van der Waals surface area contributed by atoms with Crippen LogP contribution in [0.1, 0.15) is 47.4 Å². The van der Waals surface area contributed by atoms with Gasteiger partial charge in [0.15, 0.2) is 0 Å². The highest BCUT2D eigenvalue weighted by Gasteiger charge is 2.35. The van der Waals surface area contributed by atoms with Crippen molar-refractivity contribution in [1.29, 1.82) is 0 Å². The minimum Gasteiger partial charge on any atom is -0.486 e. The number of fused-ring (bicyclic) bond motifs is 1. The summed E-state index contributed by atoms with van der Waals surface area (Å²) in [5.41, 5.74) is 0.571. The number of benzene rings is 1. The van der Waals surface area contributed by atoms with E-state index in [-0.39, 0.29) is 28.6 Å². The van der Waals surface area contributed by atoms with Crippen LogP contribution >= 0.6 is 11.6 Å². The Labute approximate surface area is 128 Å². The van der Waals surface area contributed by atoms with Crippen LogP contribution < -0.4 is 0 Å². The molecular formula is C16H17ClO4. The molecule has 1 aliphatic carbocycles. The first-order chi connectivity index (χ1) is 10.1. The summed E-state index contributed by atoms with van der Waals surface area (Å²) in [4.78, 5) is 25.0. The third-order valence-corrected chi connectivity index (χ3v) is 3.23. The second-order valence-corrected chi connectivity index (χ2v) is 5.14. The number of halogens is 1. The Morgan fingerprint density at radius 1 is 0.905 bits per heavy atom. The van der Waals surface area contributed by atoms with E-state index < -0.39 is 0 Å². The fourth-order valence-corrected chi connectivity index (χ4v) is 2.20. The number of carbonyl (C=O) groups excluding carboxylic acids is 2. The van der Waals surface area contributed by atoms with Gasteiger partial charge < -0.3 is 9.47 Å². The molecule has 0 atom stereocenters. The van der Waals surface area contributed by atoms with Gasteiger partial charge in [0.25, 0.3) is 0 Å². The van der Waals surface area contributed by atoms with Crippen molar-refractivity contribution < 1.29 is 19.1 Å². The van der Waals surface area contributed by atoms with Crippen LogP contribution in [0.5, 0.6) is 0 Å². The molecule has 0 radical (unpaired) electrons. The van der Waals surface area contributed by atoms with Crippen LogP contribution in [-0.2, 0) is 9.47 Å². The Kier molecular flexibility index (Phi) is 5.02. The maximum absolute atomic E-state index is 12.5. The zero-order valence-corrected chi connectivity index (χ0v) is 12.8. The minimum absolute atomic E-state index is 0.00474. The van der Waals surface area contributed by atoms with Crippen molar-refractivity contribution in [2.75, 3.05) is 13.2 Å². The fourth-order valence-electron chi connectivity index (χ4n) is 2.02. The molecule has 0 heterocycles. The first-order valence-corrected chi connectivity index (χ1v) is 7.36. The van der Waals surface area contributed by atoms with Gasteiger partial charge in [0, 0.05) is 16.1 Å². The zero-order valence-electron chi connectivity index (χ0n) is 12.1. The highest BCUT2D eigenvalue weighted by atomic mass is 35.5. The molecule has 0 saturated heterocycles. The van der Waals surface area contributed by atoms with Gasteiger partial charge in [-0.3, -0.25) is 9.59 Å². The number of hydrogen-bond donors (Lipinski definition) is 0. The molecule has 0 N–H and O–H groups in total. The normalized spacial score (nSPS) is 14.2. The predicted octanol–water partition coefficient (Wildman–Crippen LogP) is 3.78. The van der Waals surface area contributed by atoms with Gasteiger partial charge in [-0.1, -0.05) is 25.4 Å². The summed E-state index contributed by atoms with van der Waals surface area (Å²) in [7, 11) is 0. The van der Waals surface area contributed by atoms with Crippen molar-refractivity contribution >= 4 is 23.2 Å². The standard InChI is InChI=1S/C16H17ClO4/c1-3-7-20-15-13(18)11-6-5-10(17)9-12(11)14(19)16(15)21-8-4-2/h5-6,9H,3-4,7-8H2,1-2H3. The SMILES string of the molecule is CCCOC1=C(OCCC)C(=O)c2cc(Cl)ccc2C1=O. The number of rotatable bonds is 6. The van der Waals surface area contributed by atoms with Crippen LogP contribution in [0.25, 0.3) is 0 Å². The molecule has 0 fully saturated rings. The summed E-state index contributed by atoms with van der Waals surface area (Å²) in [6, 6.07) is 4.62. The van der Waals surface area contributed by atoms with Crippen LogP contribution in [0.2, 0.25) is 5.02 Å². The number of ether oxygens (including phenoxy) is 2. The molecule has 21 heavy (non-hydrogen) atoms. The third-order valence-electron chi connectivity index (χ3n) is 2.99. The summed E-state index contributed by atoms with van der Waals surface area (Å²) < 4.78 is 10.9. The number of hydrogen-bond acceptors (Lipinski definition) is 4. The molecular weight excluding hydrogens is 292 g/mol. The first kappa shape index (κ1) is 15.6. The van der Waals surface area contributed by atoms with Gasteiger partial charge in [-0.25, -0.2) is 0 Å². The van der Waals surface area contributed by atoms with Crippen molar-refractivity contribution in [2.45, 2.75) is 26.7 Å². The molecule has 1 aromatic rings. The maximum Gasteiger partial charge on any atom is 0.232 e. The smallest absolute Gasteiger partial charge is 0.232 e. The van der Waals surface area contributed by atoms with Gasteiger partial charge >= 0.3 is 0 Å². The van der Waals surface area contributed by atoms with E-state index in [1.165, 1.54) is 6.07 Å². The van der Waals surface area contributed by atoms with E-state index in [1.54, 1.807) is 12.1 Å². The second kappa shape index (κ2) is 6.76. The molecule has 5 heteroatoms. The van der Waals surface area contributed by atoms with Gasteiger partial charge in [0.05, 0.1) is 13.2 Å². The van der Waals surface area contributed by atoms with Crippen molar-refractivity contribution in [2.24, 2.45) is 0 Å². The van der Waals surface area contributed by atoms with Gasteiger partial charge in [-0.15, -0.1) is 0 Å². The van der Waals surface area contributed by atoms with E-state index in [0.717, 1.165) is 12.8 Å². The molecule has 1 aromatic carbocycles. The van der Waals surface area contributed by atoms with Crippen molar-refractivity contribution in [3.63, 3.8) is 0 Å². The second-order valence-electron chi connectivity index (χ2n) is 4.70. The molecule has 2 rings (SSSR count). The van der Waals surface area contributed by atoms with Crippen LogP contribution in [0.4, 0.5) is 0 Å². The van der Waals surface area contributed by atoms with Crippen LogP contribution in [-0.4, -0.2) is 24.8 Å². The van der Waals surface area contributed by atoms with E-state index in [9.17, 15) is 9.59 Å². The van der Waals surface area contributed by atoms with Crippen LogP contribution in [0.3, 0.4) is 0 Å². The number of allylic oxidation sites excluding steroid dienone is 2. The third kappa shape index (κ3) is 3.10. The first-order valence-electron chi connectivity index (χ1n) is 6.99. The van der Waals surface area contributed by atoms with Crippen LogP contribution in [0, 0.1) is 0 Å². The molecule has 0 aromatic heterocycles. The van der Waals surface area contributed by atoms with E-state index in [1.807, 2.05) is 13.8 Å². The summed E-state index contributed by atoms with van der Waals surface area (Å²) in [6.07, 6.45) is 1.47. The van der Waals surface area contributed by atoms with E-state index in [0.29, 0.717) is 23.8 Å².